The lowest BCUT2D eigenvalue weighted by molar-refractivity contribution is -0.137. The first-order valence-electron chi connectivity index (χ1n) is 8.08. The van der Waals surface area contributed by atoms with Crippen molar-refractivity contribution >= 4 is 35.2 Å². The normalized spacial score (nSPS) is 12.2. The number of benzene rings is 2. The molecule has 0 heterocycles. The quantitative estimate of drug-likeness (QED) is 0.133. The standard InChI is InChI=1S/C19H14ClF4NO4/c1-2-29-19(28)12(7-25-14-4-3-10(21)5-9(14)8-26)18(27)11-6-13(22)17(24)15(20)16(11)23/h3-7,26-27H,2,8H2,1H3. The van der Waals surface area contributed by atoms with Crippen molar-refractivity contribution in [1.82, 2.24) is 0 Å². The highest BCUT2D eigenvalue weighted by molar-refractivity contribution is 6.31. The first-order valence-corrected chi connectivity index (χ1v) is 8.46. The van der Waals surface area contributed by atoms with Crippen LogP contribution in [0.25, 0.3) is 5.76 Å². The topological polar surface area (TPSA) is 79.1 Å². The van der Waals surface area contributed by atoms with Crippen LogP contribution in [0.3, 0.4) is 0 Å². The van der Waals surface area contributed by atoms with Crippen molar-refractivity contribution in [2.24, 2.45) is 4.99 Å². The van der Waals surface area contributed by atoms with Crippen LogP contribution in [0.15, 0.2) is 34.8 Å². The van der Waals surface area contributed by atoms with E-state index in [1.54, 1.807) is 0 Å². The van der Waals surface area contributed by atoms with Crippen molar-refractivity contribution in [1.29, 1.82) is 0 Å². The second kappa shape index (κ2) is 9.53. The second-order valence-electron chi connectivity index (χ2n) is 5.52. The van der Waals surface area contributed by atoms with E-state index in [1.165, 1.54) is 13.0 Å². The van der Waals surface area contributed by atoms with Gasteiger partial charge in [0.1, 0.15) is 22.2 Å². The highest BCUT2D eigenvalue weighted by Gasteiger charge is 2.24. The second-order valence-corrected chi connectivity index (χ2v) is 5.90. The van der Waals surface area contributed by atoms with E-state index in [0.29, 0.717) is 6.07 Å². The molecule has 0 atom stereocenters. The molecule has 0 fully saturated rings. The molecule has 2 N–H and O–H groups in total. The van der Waals surface area contributed by atoms with Crippen molar-refractivity contribution in [3.05, 3.63) is 69.3 Å². The number of rotatable bonds is 6. The molecule has 10 heteroatoms. The molecule has 2 aromatic rings. The maximum Gasteiger partial charge on any atom is 0.343 e. The van der Waals surface area contributed by atoms with Gasteiger partial charge in [-0.25, -0.2) is 22.4 Å². The summed E-state index contributed by atoms with van der Waals surface area (Å²) in [7, 11) is 0. The zero-order valence-corrected chi connectivity index (χ0v) is 15.6. The van der Waals surface area contributed by atoms with Crippen molar-refractivity contribution in [2.75, 3.05) is 6.61 Å². The van der Waals surface area contributed by atoms with Crippen LogP contribution in [0.1, 0.15) is 18.1 Å². The van der Waals surface area contributed by atoms with E-state index >= 15 is 0 Å². The summed E-state index contributed by atoms with van der Waals surface area (Å²) in [5, 5.41) is 18.4. The first-order chi connectivity index (χ1) is 13.7. The number of aliphatic hydroxyl groups excluding tert-OH is 2. The van der Waals surface area contributed by atoms with Gasteiger partial charge in [-0.2, -0.15) is 0 Å². The molecule has 0 aliphatic heterocycles. The molecule has 2 rings (SSSR count). The fraction of sp³-hybridized carbons (Fsp3) is 0.158. The Balaban J connectivity index is 2.64. The molecule has 0 aliphatic rings. The fourth-order valence-electron chi connectivity index (χ4n) is 2.25. The molecule has 0 saturated heterocycles. The van der Waals surface area contributed by atoms with Gasteiger partial charge in [-0.1, -0.05) is 11.6 Å². The Morgan fingerprint density at radius 3 is 2.52 bits per heavy atom. The summed E-state index contributed by atoms with van der Waals surface area (Å²) < 4.78 is 59.2. The first kappa shape index (κ1) is 22.4. The van der Waals surface area contributed by atoms with Crippen LogP contribution in [0, 0.1) is 23.3 Å². The Morgan fingerprint density at radius 2 is 1.90 bits per heavy atom. The molecular weight excluding hydrogens is 418 g/mol. The zero-order chi connectivity index (χ0) is 21.7. The number of ether oxygens (including phenoxy) is 1. The lowest BCUT2D eigenvalue weighted by Gasteiger charge is -2.10. The summed E-state index contributed by atoms with van der Waals surface area (Å²) in [6.07, 6.45) is 0.758. The van der Waals surface area contributed by atoms with Gasteiger partial charge in [0.15, 0.2) is 17.5 Å². The Morgan fingerprint density at radius 1 is 1.21 bits per heavy atom. The number of hydrogen-bond donors (Lipinski definition) is 2. The SMILES string of the molecule is CCOC(=O)C(C=Nc1ccc(F)cc1CO)=C(O)c1cc(F)c(F)c(Cl)c1F. The van der Waals surface area contributed by atoms with Crippen molar-refractivity contribution in [2.45, 2.75) is 13.5 Å². The van der Waals surface area contributed by atoms with Crippen molar-refractivity contribution in [3.63, 3.8) is 0 Å². The number of carbonyl (C=O) groups is 1. The lowest BCUT2D eigenvalue weighted by Crippen LogP contribution is -2.12. The molecule has 29 heavy (non-hydrogen) atoms. The lowest BCUT2D eigenvalue weighted by atomic mass is 10.1. The summed E-state index contributed by atoms with van der Waals surface area (Å²) in [5.41, 5.74) is -1.51. The van der Waals surface area contributed by atoms with Crippen LogP contribution in [0.4, 0.5) is 23.2 Å². The molecule has 154 valence electrons. The third kappa shape index (κ3) is 4.93. The van der Waals surface area contributed by atoms with Gasteiger partial charge in [0, 0.05) is 11.8 Å². The van der Waals surface area contributed by atoms with E-state index < -0.39 is 57.8 Å². The number of esters is 1. The fourth-order valence-corrected chi connectivity index (χ4v) is 2.44. The molecule has 0 radical (unpaired) electrons. The third-order valence-electron chi connectivity index (χ3n) is 3.65. The average Bonchev–Trinajstić information content (AvgIpc) is 2.70. The molecule has 0 bridgehead atoms. The zero-order valence-electron chi connectivity index (χ0n) is 14.8. The molecule has 0 amide bonds. The minimum Gasteiger partial charge on any atom is -0.506 e. The smallest absolute Gasteiger partial charge is 0.343 e. The minimum atomic E-state index is -1.66. The Hall–Kier alpha value is -2.91. The Labute approximate surface area is 167 Å². The van der Waals surface area contributed by atoms with Gasteiger partial charge in [-0.15, -0.1) is 0 Å². The van der Waals surface area contributed by atoms with E-state index in [1.807, 2.05) is 0 Å². The summed E-state index contributed by atoms with van der Waals surface area (Å²) in [6.45, 7) is 0.758. The molecule has 0 unspecified atom stereocenters. The van der Waals surface area contributed by atoms with Gasteiger partial charge in [-0.3, -0.25) is 4.99 Å². The van der Waals surface area contributed by atoms with E-state index in [4.69, 9.17) is 16.3 Å². The van der Waals surface area contributed by atoms with Gasteiger partial charge < -0.3 is 14.9 Å². The third-order valence-corrected chi connectivity index (χ3v) is 3.98. The molecular formula is C19H14ClF4NO4. The number of aliphatic imine (C=N–C) groups is 1. The van der Waals surface area contributed by atoms with Crippen LogP contribution in [0.2, 0.25) is 5.02 Å². The van der Waals surface area contributed by atoms with Crippen LogP contribution in [-0.4, -0.2) is 29.0 Å². The van der Waals surface area contributed by atoms with Crippen molar-refractivity contribution in [3.8, 4) is 0 Å². The summed E-state index contributed by atoms with van der Waals surface area (Å²) in [4.78, 5) is 16.0. The molecule has 0 spiro atoms. The van der Waals surface area contributed by atoms with Gasteiger partial charge in [-0.05, 0) is 31.2 Å². The van der Waals surface area contributed by atoms with Crippen LogP contribution >= 0.6 is 11.6 Å². The maximum atomic E-state index is 14.2. The summed E-state index contributed by atoms with van der Waals surface area (Å²) in [5.74, 6) is -7.63. The van der Waals surface area contributed by atoms with E-state index in [9.17, 15) is 32.6 Å². The highest BCUT2D eigenvalue weighted by Crippen LogP contribution is 2.30. The molecule has 0 aromatic heterocycles. The maximum absolute atomic E-state index is 14.2. The number of aliphatic hydroxyl groups is 2. The monoisotopic (exact) mass is 431 g/mol. The summed E-state index contributed by atoms with van der Waals surface area (Å²) in [6, 6.07) is 3.53. The number of hydrogen-bond acceptors (Lipinski definition) is 5. The number of nitrogens with zero attached hydrogens (tertiary/aromatic N) is 1. The van der Waals surface area contributed by atoms with E-state index in [2.05, 4.69) is 4.99 Å². The van der Waals surface area contributed by atoms with Crippen molar-refractivity contribution < 1.29 is 37.3 Å². The average molecular weight is 432 g/mol. The van der Waals surface area contributed by atoms with E-state index in [0.717, 1.165) is 18.3 Å². The van der Waals surface area contributed by atoms with Gasteiger partial charge in [0.25, 0.3) is 0 Å². The number of halogens is 5. The molecule has 2 aromatic carbocycles. The van der Waals surface area contributed by atoms with Crippen LogP contribution < -0.4 is 0 Å². The van der Waals surface area contributed by atoms with Crippen LogP contribution in [0.5, 0.6) is 0 Å². The van der Waals surface area contributed by atoms with E-state index in [-0.39, 0.29) is 17.9 Å². The van der Waals surface area contributed by atoms with Crippen LogP contribution in [-0.2, 0) is 16.1 Å². The largest absolute Gasteiger partial charge is 0.506 e. The molecule has 5 nitrogen and oxygen atoms in total. The predicted octanol–water partition coefficient (Wildman–Crippen LogP) is 4.62. The van der Waals surface area contributed by atoms with Gasteiger partial charge >= 0.3 is 5.97 Å². The molecule has 0 saturated carbocycles. The summed E-state index contributed by atoms with van der Waals surface area (Å²) >= 11 is 5.37. The van der Waals surface area contributed by atoms with Gasteiger partial charge in [0.05, 0.1) is 24.5 Å². The predicted molar refractivity (Wildman–Crippen MR) is 98.0 cm³/mol. The Bertz CT molecular complexity index is 1010. The highest BCUT2D eigenvalue weighted by atomic mass is 35.5. The number of carbonyl (C=O) groups excluding carboxylic acids is 1. The molecule has 0 aliphatic carbocycles. The Kier molecular flexibility index (Phi) is 7.35. The minimum absolute atomic E-state index is 0.0345. The van der Waals surface area contributed by atoms with Gasteiger partial charge in [0.2, 0.25) is 0 Å².